The maximum absolute atomic E-state index is 2.55. The van der Waals surface area contributed by atoms with Crippen molar-refractivity contribution in [3.05, 3.63) is 0 Å². The van der Waals surface area contributed by atoms with Crippen molar-refractivity contribution in [2.24, 2.45) is 17.8 Å². The van der Waals surface area contributed by atoms with Gasteiger partial charge in [-0.2, -0.15) is 0 Å². The molecule has 14 heavy (non-hydrogen) atoms. The van der Waals surface area contributed by atoms with Gasteiger partial charge in [0.25, 0.3) is 0 Å². The average Bonchev–Trinajstić information content (AvgIpc) is 2.14. The number of hydrogen-bond donors (Lipinski definition) is 0. The van der Waals surface area contributed by atoms with Gasteiger partial charge >= 0.3 is 0 Å². The molecular weight excluding hydrogens is 170 g/mol. The minimum Gasteiger partial charge on any atom is -0.304 e. The van der Waals surface area contributed by atoms with Gasteiger partial charge in [0, 0.05) is 5.54 Å². The summed E-state index contributed by atoms with van der Waals surface area (Å²) in [7, 11) is 4.61. The molecule has 3 rings (SSSR count). The van der Waals surface area contributed by atoms with E-state index in [1.807, 2.05) is 0 Å². The normalized spacial score (nSPS) is 51.2. The molecule has 0 spiro atoms. The van der Waals surface area contributed by atoms with Crippen LogP contribution in [0.25, 0.3) is 0 Å². The van der Waals surface area contributed by atoms with E-state index in [1.54, 1.807) is 12.8 Å². The molecule has 3 fully saturated rings. The van der Waals surface area contributed by atoms with E-state index in [0.717, 1.165) is 17.8 Å². The Labute approximate surface area is 87.9 Å². The van der Waals surface area contributed by atoms with E-state index in [2.05, 4.69) is 19.0 Å². The number of hydrogen-bond acceptors (Lipinski definition) is 1. The van der Waals surface area contributed by atoms with E-state index in [9.17, 15) is 0 Å². The zero-order chi connectivity index (χ0) is 9.76. The molecule has 80 valence electrons. The van der Waals surface area contributed by atoms with E-state index < -0.39 is 0 Å². The molecule has 0 aliphatic heterocycles. The van der Waals surface area contributed by atoms with Gasteiger partial charge in [0.15, 0.2) is 0 Å². The van der Waals surface area contributed by atoms with Crippen LogP contribution in [0.15, 0.2) is 0 Å². The van der Waals surface area contributed by atoms with Crippen LogP contribution in [0.1, 0.15) is 44.9 Å². The third kappa shape index (κ3) is 1.18. The Balaban J connectivity index is 1.90. The molecule has 3 saturated carbocycles. The van der Waals surface area contributed by atoms with Gasteiger partial charge < -0.3 is 4.90 Å². The Morgan fingerprint density at radius 2 is 1.86 bits per heavy atom. The standard InChI is InChI=1S/C13H23N/c1-14(2)13-6-5-11-4-3-10(8-13)7-12(11)9-13/h10-12H,3-9H2,1-2H3. The molecular formula is C13H23N. The van der Waals surface area contributed by atoms with E-state index in [0.29, 0.717) is 5.54 Å². The SMILES string of the molecule is CN(C)C12CCC3CCC(CC3C1)C2. The van der Waals surface area contributed by atoms with Crippen molar-refractivity contribution in [1.82, 2.24) is 4.90 Å². The number of fused-ring (bicyclic) bond motifs is 2. The predicted molar refractivity (Wildman–Crippen MR) is 59.2 cm³/mol. The maximum atomic E-state index is 2.55. The molecule has 0 heterocycles. The summed E-state index contributed by atoms with van der Waals surface area (Å²) in [5.74, 6) is 3.28. The van der Waals surface area contributed by atoms with E-state index in [1.165, 1.54) is 32.1 Å². The molecule has 1 nitrogen and oxygen atoms in total. The van der Waals surface area contributed by atoms with E-state index in [4.69, 9.17) is 0 Å². The van der Waals surface area contributed by atoms with Gasteiger partial charge in [-0.1, -0.05) is 6.42 Å². The third-order valence-corrected chi connectivity index (χ3v) is 5.49. The Hall–Kier alpha value is -0.0400. The molecule has 0 aromatic rings. The minimum absolute atomic E-state index is 0.616. The second-order valence-corrected chi connectivity index (χ2v) is 6.26. The summed E-state index contributed by atoms with van der Waals surface area (Å²) in [4.78, 5) is 2.55. The molecule has 3 bridgehead atoms. The van der Waals surface area contributed by atoms with Crippen LogP contribution >= 0.6 is 0 Å². The molecule has 0 aromatic carbocycles. The Morgan fingerprint density at radius 1 is 1.00 bits per heavy atom. The van der Waals surface area contributed by atoms with Crippen LogP contribution in [0.2, 0.25) is 0 Å². The summed E-state index contributed by atoms with van der Waals surface area (Å²) in [5.41, 5.74) is 0.616. The lowest BCUT2D eigenvalue weighted by Crippen LogP contribution is -2.55. The van der Waals surface area contributed by atoms with Crippen molar-refractivity contribution in [3.63, 3.8) is 0 Å². The molecule has 3 aliphatic carbocycles. The molecule has 0 N–H and O–H groups in total. The van der Waals surface area contributed by atoms with E-state index >= 15 is 0 Å². The summed E-state index contributed by atoms with van der Waals surface area (Å²) in [5, 5.41) is 0. The third-order valence-electron chi connectivity index (χ3n) is 5.49. The average molecular weight is 193 g/mol. The molecule has 3 aliphatic rings. The molecule has 0 saturated heterocycles. The maximum Gasteiger partial charge on any atom is 0.0209 e. The lowest BCUT2D eigenvalue weighted by atomic mass is 9.54. The number of rotatable bonds is 1. The molecule has 0 amide bonds. The van der Waals surface area contributed by atoms with Crippen LogP contribution in [0.5, 0.6) is 0 Å². The molecule has 0 aromatic heterocycles. The Bertz CT molecular complexity index is 231. The topological polar surface area (TPSA) is 3.24 Å². The fourth-order valence-corrected chi connectivity index (χ4v) is 4.60. The lowest BCUT2D eigenvalue weighted by Gasteiger charge is -2.57. The van der Waals surface area contributed by atoms with Crippen molar-refractivity contribution in [1.29, 1.82) is 0 Å². The summed E-state index contributed by atoms with van der Waals surface area (Å²) >= 11 is 0. The Kier molecular flexibility index (Phi) is 1.96. The van der Waals surface area contributed by atoms with Crippen LogP contribution in [-0.4, -0.2) is 24.5 Å². The summed E-state index contributed by atoms with van der Waals surface area (Å²) in [6, 6.07) is 0. The smallest absolute Gasteiger partial charge is 0.0209 e. The minimum atomic E-state index is 0.616. The lowest BCUT2D eigenvalue weighted by molar-refractivity contribution is -0.0528. The highest BCUT2D eigenvalue weighted by atomic mass is 15.1. The first-order chi connectivity index (χ1) is 6.70. The van der Waals surface area contributed by atoms with Crippen LogP contribution in [0, 0.1) is 17.8 Å². The van der Waals surface area contributed by atoms with Crippen molar-refractivity contribution in [2.75, 3.05) is 14.1 Å². The van der Waals surface area contributed by atoms with Gasteiger partial charge in [0.2, 0.25) is 0 Å². The summed E-state index contributed by atoms with van der Waals surface area (Å²) in [6.45, 7) is 0. The first-order valence-electron chi connectivity index (χ1n) is 6.37. The van der Waals surface area contributed by atoms with Crippen molar-refractivity contribution >= 4 is 0 Å². The number of nitrogens with zero attached hydrogens (tertiary/aromatic N) is 1. The van der Waals surface area contributed by atoms with Gasteiger partial charge in [-0.15, -0.1) is 0 Å². The quantitative estimate of drug-likeness (QED) is 0.619. The zero-order valence-electron chi connectivity index (χ0n) is 9.63. The fraction of sp³-hybridized carbons (Fsp3) is 1.00. The van der Waals surface area contributed by atoms with Crippen LogP contribution in [-0.2, 0) is 0 Å². The summed E-state index contributed by atoms with van der Waals surface area (Å²) in [6.07, 6.45) is 10.7. The highest BCUT2D eigenvalue weighted by Gasteiger charge is 2.49. The zero-order valence-corrected chi connectivity index (χ0v) is 9.63. The monoisotopic (exact) mass is 193 g/mol. The first-order valence-corrected chi connectivity index (χ1v) is 6.37. The van der Waals surface area contributed by atoms with Crippen molar-refractivity contribution < 1.29 is 0 Å². The Morgan fingerprint density at radius 3 is 2.64 bits per heavy atom. The van der Waals surface area contributed by atoms with Gasteiger partial charge in [-0.05, 0) is 70.4 Å². The largest absolute Gasteiger partial charge is 0.304 e. The second-order valence-electron chi connectivity index (χ2n) is 6.26. The van der Waals surface area contributed by atoms with Crippen molar-refractivity contribution in [2.45, 2.75) is 50.5 Å². The predicted octanol–water partition coefficient (Wildman–Crippen LogP) is 2.91. The fourth-order valence-electron chi connectivity index (χ4n) is 4.60. The van der Waals surface area contributed by atoms with Crippen molar-refractivity contribution in [3.8, 4) is 0 Å². The van der Waals surface area contributed by atoms with Gasteiger partial charge in [0.1, 0.15) is 0 Å². The van der Waals surface area contributed by atoms with Crippen LogP contribution in [0.3, 0.4) is 0 Å². The summed E-state index contributed by atoms with van der Waals surface area (Å²) < 4.78 is 0. The van der Waals surface area contributed by atoms with Gasteiger partial charge in [0.05, 0.1) is 0 Å². The molecule has 4 unspecified atom stereocenters. The highest BCUT2D eigenvalue weighted by Crippen LogP contribution is 2.55. The van der Waals surface area contributed by atoms with Crippen LogP contribution in [0.4, 0.5) is 0 Å². The van der Waals surface area contributed by atoms with Gasteiger partial charge in [-0.25, -0.2) is 0 Å². The van der Waals surface area contributed by atoms with Crippen LogP contribution < -0.4 is 0 Å². The first kappa shape index (κ1) is 9.21. The highest BCUT2D eigenvalue weighted by molar-refractivity contribution is 5.04. The molecule has 1 heteroatoms. The molecule has 4 atom stereocenters. The molecule has 0 radical (unpaired) electrons. The van der Waals surface area contributed by atoms with Gasteiger partial charge in [-0.3, -0.25) is 0 Å². The second kappa shape index (κ2) is 2.98. The van der Waals surface area contributed by atoms with E-state index in [-0.39, 0.29) is 0 Å².